The van der Waals surface area contributed by atoms with E-state index >= 15 is 0 Å². The summed E-state index contributed by atoms with van der Waals surface area (Å²) in [7, 11) is 0. The van der Waals surface area contributed by atoms with Crippen LogP contribution in [0.3, 0.4) is 0 Å². The maximum atomic E-state index is 11.5. The molecule has 0 aliphatic carbocycles. The van der Waals surface area contributed by atoms with Gasteiger partial charge in [0.1, 0.15) is 13.2 Å². The molecule has 0 aromatic rings. The summed E-state index contributed by atoms with van der Waals surface area (Å²) in [6.07, 6.45) is 0.929. The van der Waals surface area contributed by atoms with Crippen molar-refractivity contribution < 1.29 is 24.4 Å². The molecule has 1 amide bonds. The summed E-state index contributed by atoms with van der Waals surface area (Å²) in [5.74, 6) is 3.80. The zero-order valence-electron chi connectivity index (χ0n) is 16.7. The Balaban J connectivity index is 3.17. The number of carbonyl (C=O) groups excluding carboxylic acids is 1. The van der Waals surface area contributed by atoms with E-state index in [1.54, 1.807) is 23.5 Å². The molecule has 13 heteroatoms. The van der Waals surface area contributed by atoms with Crippen molar-refractivity contribution in [1.29, 1.82) is 0 Å². The summed E-state index contributed by atoms with van der Waals surface area (Å²) in [5.41, 5.74) is 0. The second kappa shape index (κ2) is 26.8. The normalized spacial score (nSPS) is 11.1. The van der Waals surface area contributed by atoms with Crippen molar-refractivity contribution in [2.75, 3.05) is 76.3 Å². The first-order chi connectivity index (χ1) is 14.3. The van der Waals surface area contributed by atoms with E-state index in [0.717, 1.165) is 43.4 Å². The molecule has 2 N–H and O–H groups in total. The van der Waals surface area contributed by atoms with Crippen molar-refractivity contribution in [2.45, 2.75) is 6.92 Å². The Morgan fingerprint density at radius 2 is 1.66 bits per heavy atom. The number of alkyl carbamates (subject to hydrolysis) is 1. The molecule has 0 fully saturated rings. The van der Waals surface area contributed by atoms with Gasteiger partial charge in [-0.15, -0.1) is 58.8 Å². The van der Waals surface area contributed by atoms with Crippen LogP contribution in [0.1, 0.15) is 6.92 Å². The van der Waals surface area contributed by atoms with Gasteiger partial charge in [0.2, 0.25) is 6.40 Å². The first-order valence-electron chi connectivity index (χ1n) is 9.05. The van der Waals surface area contributed by atoms with Crippen molar-refractivity contribution >= 4 is 83.1 Å². The number of nitrogens with one attached hydrogen (secondary N) is 1. The Bertz CT molecular complexity index is 386. The summed E-state index contributed by atoms with van der Waals surface area (Å²) < 4.78 is 5.15. The van der Waals surface area contributed by atoms with Gasteiger partial charge in [-0.3, -0.25) is 4.99 Å². The predicted octanol–water partition coefficient (Wildman–Crippen LogP) is 3.93. The smallest absolute Gasteiger partial charge is 0.407 e. The van der Waals surface area contributed by atoms with Crippen molar-refractivity contribution in [2.24, 2.45) is 4.99 Å². The molecule has 0 aromatic carbocycles. The minimum atomic E-state index is -0.324. The Kier molecular flexibility index (Phi) is 27.5. The second-order valence-electron chi connectivity index (χ2n) is 4.81. The molecule has 0 aliphatic heterocycles. The van der Waals surface area contributed by atoms with Gasteiger partial charge in [0.15, 0.2) is 0 Å². The van der Waals surface area contributed by atoms with Crippen LogP contribution in [0.5, 0.6) is 0 Å². The number of thioether (sulfide) groups is 6. The van der Waals surface area contributed by atoms with Gasteiger partial charge in [0.05, 0.1) is 13.2 Å². The number of ether oxygens (including phenoxy) is 1. The predicted molar refractivity (Wildman–Crippen MR) is 137 cm³/mol. The molecular weight excluding hydrogens is 493 g/mol. The molecule has 0 saturated heterocycles. The molecule has 29 heavy (non-hydrogen) atoms. The van der Waals surface area contributed by atoms with Gasteiger partial charge >= 0.3 is 6.09 Å². The van der Waals surface area contributed by atoms with Crippen LogP contribution in [0.25, 0.3) is 0 Å². The van der Waals surface area contributed by atoms with Crippen LogP contribution in [0, 0.1) is 0 Å². The molecule has 0 atom stereocenters. The van der Waals surface area contributed by atoms with Crippen LogP contribution in [-0.2, 0) is 14.5 Å². The lowest BCUT2D eigenvalue weighted by atomic mass is 10.7. The molecule has 0 saturated carbocycles. The molecule has 0 aromatic heterocycles. The van der Waals surface area contributed by atoms with Gasteiger partial charge in [-0.25, -0.2) is 4.79 Å². The quantitative estimate of drug-likeness (QED) is 0.0539. The molecule has 0 unspecified atom stereocenters. The lowest BCUT2D eigenvalue weighted by molar-refractivity contribution is -0.221. The zero-order chi connectivity index (χ0) is 21.3. The average Bonchev–Trinajstić information content (AvgIpc) is 2.72. The summed E-state index contributed by atoms with van der Waals surface area (Å²) in [6.45, 7) is 3.99. The van der Waals surface area contributed by atoms with Crippen LogP contribution in [-0.4, -0.2) is 93.9 Å². The first-order valence-corrected chi connectivity index (χ1v) is 16.0. The molecule has 0 spiro atoms. The second-order valence-corrected chi connectivity index (χ2v) is 12.8. The number of aliphatic hydroxyl groups is 1. The molecule has 0 heterocycles. The highest BCUT2D eigenvalue weighted by atomic mass is 32.2. The number of hydrogen-bond donors (Lipinski definition) is 2. The Morgan fingerprint density at radius 3 is 2.38 bits per heavy atom. The third-order valence-corrected chi connectivity index (χ3v) is 9.73. The maximum Gasteiger partial charge on any atom is 0.407 e. The summed E-state index contributed by atoms with van der Waals surface area (Å²) in [4.78, 5) is 24.8. The van der Waals surface area contributed by atoms with E-state index in [9.17, 15) is 4.79 Å². The van der Waals surface area contributed by atoms with Gasteiger partial charge in [-0.2, -0.15) is 16.6 Å². The maximum absolute atomic E-state index is 11.5. The van der Waals surface area contributed by atoms with Crippen molar-refractivity contribution in [1.82, 2.24) is 5.32 Å². The van der Waals surface area contributed by atoms with Gasteiger partial charge in [-0.1, -0.05) is 6.92 Å². The van der Waals surface area contributed by atoms with Crippen LogP contribution in [0.4, 0.5) is 4.79 Å². The van der Waals surface area contributed by atoms with E-state index in [-0.39, 0.29) is 19.3 Å². The molecule has 0 bridgehead atoms. The molecule has 0 rings (SSSR count). The third-order valence-electron chi connectivity index (χ3n) is 2.57. The minimum Gasteiger partial charge on any atom is -0.449 e. The fraction of sp³-hybridized carbons (Fsp3) is 0.875. The monoisotopic (exact) mass is 524 g/mol. The van der Waals surface area contributed by atoms with Crippen LogP contribution in [0.2, 0.25) is 0 Å². The number of carbonyl (C=O) groups is 1. The largest absolute Gasteiger partial charge is 0.449 e. The number of hydrogen-bond acceptors (Lipinski definition) is 12. The van der Waals surface area contributed by atoms with Crippen molar-refractivity contribution in [3.63, 3.8) is 0 Å². The summed E-state index contributed by atoms with van der Waals surface area (Å²) in [6, 6.07) is 0. The fourth-order valence-corrected chi connectivity index (χ4v) is 7.77. The highest BCUT2D eigenvalue weighted by Gasteiger charge is 2.01. The van der Waals surface area contributed by atoms with Crippen molar-refractivity contribution in [3.05, 3.63) is 0 Å². The number of amides is 1. The third kappa shape index (κ3) is 26.7. The lowest BCUT2D eigenvalue weighted by Crippen LogP contribution is -2.27. The standard InChI is InChI=1S/C16H32N2O5S6/c1-2-24-12-28-15-27-10-7-21-16(20)18-4-9-26-14-29-13-25-8-3-17-11-23-22-6-5-19/h11,19H,2-10,12-15H2,1H3,(H,18,20). The van der Waals surface area contributed by atoms with E-state index in [2.05, 4.69) is 27.0 Å². The molecule has 172 valence electrons. The van der Waals surface area contributed by atoms with Gasteiger partial charge in [0.25, 0.3) is 0 Å². The van der Waals surface area contributed by atoms with E-state index < -0.39 is 0 Å². The first kappa shape index (κ1) is 29.8. The van der Waals surface area contributed by atoms with Crippen LogP contribution in [0.15, 0.2) is 4.99 Å². The Morgan fingerprint density at radius 1 is 0.966 bits per heavy atom. The van der Waals surface area contributed by atoms with Gasteiger partial charge < -0.3 is 20.0 Å². The number of rotatable bonds is 22. The number of nitrogens with zero attached hydrogens (tertiary/aromatic N) is 1. The number of aliphatic hydroxyl groups excluding tert-OH is 1. The molecular formula is C16H32N2O5S6. The minimum absolute atomic E-state index is 0.0730. The summed E-state index contributed by atoms with van der Waals surface area (Å²) in [5, 5.41) is 15.4. The van der Waals surface area contributed by atoms with Crippen LogP contribution < -0.4 is 5.32 Å². The fourth-order valence-electron chi connectivity index (χ4n) is 1.35. The molecule has 0 aliphatic rings. The van der Waals surface area contributed by atoms with Crippen molar-refractivity contribution in [3.8, 4) is 0 Å². The molecule has 0 radical (unpaired) electrons. The van der Waals surface area contributed by atoms with Crippen LogP contribution >= 0.6 is 70.6 Å². The Hall–Kier alpha value is 0.760. The highest BCUT2D eigenvalue weighted by Crippen LogP contribution is 2.18. The number of aliphatic imine (C=N–C) groups is 1. The van der Waals surface area contributed by atoms with E-state index in [1.165, 1.54) is 6.40 Å². The van der Waals surface area contributed by atoms with Gasteiger partial charge in [0, 0.05) is 44.1 Å². The average molecular weight is 525 g/mol. The molecule has 7 nitrogen and oxygen atoms in total. The van der Waals surface area contributed by atoms with E-state index in [1.807, 2.05) is 47.0 Å². The van der Waals surface area contributed by atoms with Gasteiger partial charge in [-0.05, 0) is 5.75 Å². The SMILES string of the molecule is CCSCSCSCCOC(=O)NCCSCSCSCCN=COOCCO. The van der Waals surface area contributed by atoms with E-state index in [0.29, 0.717) is 19.7 Å². The topological polar surface area (TPSA) is 89.4 Å². The zero-order valence-corrected chi connectivity index (χ0v) is 21.6. The summed E-state index contributed by atoms with van der Waals surface area (Å²) >= 11 is 11.1. The van der Waals surface area contributed by atoms with E-state index in [4.69, 9.17) is 9.84 Å². The Labute approximate surface area is 200 Å². The highest BCUT2D eigenvalue weighted by molar-refractivity contribution is 8.23. The lowest BCUT2D eigenvalue weighted by Gasteiger charge is -2.07.